The quantitative estimate of drug-likeness (QED) is 0.831. The molecule has 2 N–H and O–H groups in total. The van der Waals surface area contributed by atoms with Crippen LogP contribution in [-0.2, 0) is 11.2 Å². The number of nitrogens with zero attached hydrogens (tertiary/aromatic N) is 1. The lowest BCUT2D eigenvalue weighted by molar-refractivity contribution is -0.115. The maximum Gasteiger partial charge on any atom is 0.238 e. The van der Waals surface area contributed by atoms with Gasteiger partial charge in [0.05, 0.1) is 16.8 Å². The van der Waals surface area contributed by atoms with Gasteiger partial charge in [0.15, 0.2) is 5.75 Å². The first-order chi connectivity index (χ1) is 8.01. The maximum absolute atomic E-state index is 11.2. The van der Waals surface area contributed by atoms with Gasteiger partial charge in [-0.3, -0.25) is 4.79 Å². The van der Waals surface area contributed by atoms with Gasteiger partial charge in [-0.25, -0.2) is 0 Å². The van der Waals surface area contributed by atoms with Gasteiger partial charge in [0.1, 0.15) is 6.42 Å². The Balaban J connectivity index is 3.11. The monoisotopic (exact) mass is 272 g/mol. The number of halogens is 2. The van der Waals surface area contributed by atoms with E-state index in [2.05, 4.69) is 5.32 Å². The average Bonchev–Trinajstić information content (AvgIpc) is 2.26. The molecule has 0 saturated heterocycles. The number of nitrogens with one attached hydrogen (secondary N) is 1. The molecular formula is C11H10Cl2N2O2. The Bertz CT molecular complexity index is 495. The summed E-state index contributed by atoms with van der Waals surface area (Å²) in [5.41, 5.74) is 0.724. The highest BCUT2D eigenvalue weighted by atomic mass is 35.5. The molecule has 17 heavy (non-hydrogen) atoms. The lowest BCUT2D eigenvalue weighted by Crippen LogP contribution is -2.10. The molecule has 0 aliphatic heterocycles. The van der Waals surface area contributed by atoms with Crippen LogP contribution in [0.2, 0.25) is 10.0 Å². The fourth-order valence-corrected chi connectivity index (χ4v) is 2.06. The number of benzene rings is 1. The Morgan fingerprint density at radius 3 is 2.76 bits per heavy atom. The Labute approximate surface area is 109 Å². The largest absolute Gasteiger partial charge is 0.504 e. The van der Waals surface area contributed by atoms with E-state index in [-0.39, 0.29) is 22.9 Å². The third kappa shape index (κ3) is 3.02. The van der Waals surface area contributed by atoms with Crippen LogP contribution in [0.5, 0.6) is 5.75 Å². The smallest absolute Gasteiger partial charge is 0.238 e. The summed E-state index contributed by atoms with van der Waals surface area (Å²) >= 11 is 11.9. The maximum atomic E-state index is 11.2. The Morgan fingerprint density at radius 1 is 1.59 bits per heavy atom. The molecule has 0 atom stereocenters. The topological polar surface area (TPSA) is 73.1 Å². The average molecular weight is 273 g/mol. The standard InChI is InChI=1S/C11H10Cl2N2O2/c1-2-6-7(12)5-8(11(17)10(6)13)15-9(16)3-4-14/h5,17H,2-3H2,1H3,(H,15,16). The van der Waals surface area contributed by atoms with Gasteiger partial charge in [0.2, 0.25) is 5.91 Å². The predicted molar refractivity (Wildman–Crippen MR) is 66.4 cm³/mol. The zero-order valence-electron chi connectivity index (χ0n) is 9.05. The normalized spacial score (nSPS) is 9.76. The zero-order chi connectivity index (χ0) is 13.0. The second kappa shape index (κ2) is 5.76. The van der Waals surface area contributed by atoms with Crippen molar-refractivity contribution in [3.8, 4) is 11.8 Å². The van der Waals surface area contributed by atoms with Crippen molar-refractivity contribution in [2.45, 2.75) is 19.8 Å². The number of nitriles is 1. The van der Waals surface area contributed by atoms with Crippen molar-refractivity contribution < 1.29 is 9.90 Å². The number of anilines is 1. The van der Waals surface area contributed by atoms with Crippen LogP contribution in [0.15, 0.2) is 6.07 Å². The molecule has 0 spiro atoms. The third-order valence-corrected chi connectivity index (χ3v) is 2.90. The fourth-order valence-electron chi connectivity index (χ4n) is 1.33. The molecule has 4 nitrogen and oxygen atoms in total. The van der Waals surface area contributed by atoms with Gasteiger partial charge in [-0.2, -0.15) is 5.26 Å². The van der Waals surface area contributed by atoms with Crippen LogP contribution in [0.25, 0.3) is 0 Å². The van der Waals surface area contributed by atoms with Crippen molar-refractivity contribution >= 4 is 34.8 Å². The van der Waals surface area contributed by atoms with Crippen LogP contribution >= 0.6 is 23.2 Å². The first-order valence-electron chi connectivity index (χ1n) is 4.87. The van der Waals surface area contributed by atoms with Crippen molar-refractivity contribution in [3.05, 3.63) is 21.7 Å². The van der Waals surface area contributed by atoms with Crippen LogP contribution in [0, 0.1) is 11.3 Å². The van der Waals surface area contributed by atoms with E-state index in [9.17, 15) is 9.90 Å². The summed E-state index contributed by atoms with van der Waals surface area (Å²) in [7, 11) is 0. The van der Waals surface area contributed by atoms with Crippen LogP contribution in [-0.4, -0.2) is 11.0 Å². The van der Waals surface area contributed by atoms with Crippen LogP contribution < -0.4 is 5.32 Å². The zero-order valence-corrected chi connectivity index (χ0v) is 10.6. The Morgan fingerprint density at radius 2 is 2.24 bits per heavy atom. The highest BCUT2D eigenvalue weighted by Gasteiger charge is 2.15. The molecule has 6 heteroatoms. The molecule has 0 heterocycles. The molecule has 1 amide bonds. The molecular weight excluding hydrogens is 263 g/mol. The lowest BCUT2D eigenvalue weighted by Gasteiger charge is -2.12. The van der Waals surface area contributed by atoms with Crippen molar-refractivity contribution in [1.29, 1.82) is 5.26 Å². The van der Waals surface area contributed by atoms with Gasteiger partial charge in [0, 0.05) is 5.02 Å². The van der Waals surface area contributed by atoms with E-state index in [1.165, 1.54) is 6.07 Å². The first-order valence-corrected chi connectivity index (χ1v) is 5.63. The SMILES string of the molecule is CCc1c(Cl)cc(NC(=O)CC#N)c(O)c1Cl. The minimum absolute atomic E-state index is 0.109. The minimum Gasteiger partial charge on any atom is -0.504 e. The number of phenols is 1. The van der Waals surface area contributed by atoms with Crippen molar-refractivity contribution in [3.63, 3.8) is 0 Å². The minimum atomic E-state index is -0.529. The number of aromatic hydroxyl groups is 1. The van der Waals surface area contributed by atoms with Crippen molar-refractivity contribution in [2.75, 3.05) is 5.32 Å². The van der Waals surface area contributed by atoms with Crippen molar-refractivity contribution in [2.24, 2.45) is 0 Å². The molecule has 0 aliphatic carbocycles. The summed E-state index contributed by atoms with van der Waals surface area (Å²) in [6.45, 7) is 1.85. The molecule has 1 aromatic rings. The molecule has 0 radical (unpaired) electrons. The molecule has 0 saturated carbocycles. The number of hydrogen-bond donors (Lipinski definition) is 2. The number of carbonyl (C=O) groups is 1. The van der Waals surface area contributed by atoms with Gasteiger partial charge >= 0.3 is 0 Å². The van der Waals surface area contributed by atoms with Crippen LogP contribution in [0.1, 0.15) is 18.9 Å². The second-order valence-electron chi connectivity index (χ2n) is 3.28. The van der Waals surface area contributed by atoms with Gasteiger partial charge in [-0.15, -0.1) is 0 Å². The summed E-state index contributed by atoms with van der Waals surface area (Å²) in [5, 5.41) is 21.0. The number of phenolic OH excluding ortho intramolecular Hbond substituents is 1. The number of carbonyl (C=O) groups excluding carboxylic acids is 1. The molecule has 0 unspecified atom stereocenters. The highest BCUT2D eigenvalue weighted by molar-refractivity contribution is 6.37. The second-order valence-corrected chi connectivity index (χ2v) is 4.07. The number of amides is 1. The lowest BCUT2D eigenvalue weighted by atomic mass is 10.1. The van der Waals surface area contributed by atoms with Crippen LogP contribution in [0.4, 0.5) is 5.69 Å². The summed E-state index contributed by atoms with van der Waals surface area (Å²) < 4.78 is 0. The van der Waals surface area contributed by atoms with E-state index < -0.39 is 5.91 Å². The Kier molecular flexibility index (Phi) is 4.62. The Hall–Kier alpha value is -1.44. The summed E-state index contributed by atoms with van der Waals surface area (Å²) in [6.07, 6.45) is 0.266. The molecule has 0 fully saturated rings. The predicted octanol–water partition coefficient (Wildman–Crippen LogP) is 3.11. The van der Waals surface area contributed by atoms with E-state index >= 15 is 0 Å². The summed E-state index contributed by atoms with van der Waals surface area (Å²) in [4.78, 5) is 11.2. The molecule has 0 aliphatic rings. The molecule has 0 aromatic heterocycles. The summed E-state index contributed by atoms with van der Waals surface area (Å²) in [5.74, 6) is -0.765. The first kappa shape index (κ1) is 13.6. The fraction of sp³-hybridized carbons (Fsp3) is 0.273. The van der Waals surface area contributed by atoms with Gasteiger partial charge < -0.3 is 10.4 Å². The van der Waals surface area contributed by atoms with Crippen LogP contribution in [0.3, 0.4) is 0 Å². The van der Waals surface area contributed by atoms with Crippen molar-refractivity contribution in [1.82, 2.24) is 0 Å². The molecule has 90 valence electrons. The molecule has 1 rings (SSSR count). The number of rotatable bonds is 3. The van der Waals surface area contributed by atoms with E-state index in [1.54, 1.807) is 6.07 Å². The highest BCUT2D eigenvalue weighted by Crippen LogP contribution is 2.39. The van der Waals surface area contributed by atoms with E-state index in [1.807, 2.05) is 6.92 Å². The van der Waals surface area contributed by atoms with E-state index in [0.29, 0.717) is 17.0 Å². The number of hydrogen-bond acceptors (Lipinski definition) is 3. The molecule has 0 bridgehead atoms. The van der Waals surface area contributed by atoms with E-state index in [0.717, 1.165) is 0 Å². The molecule has 1 aromatic carbocycles. The van der Waals surface area contributed by atoms with Gasteiger partial charge in [-0.05, 0) is 18.1 Å². The summed E-state index contributed by atoms with van der Waals surface area (Å²) in [6, 6.07) is 3.11. The van der Waals surface area contributed by atoms with E-state index in [4.69, 9.17) is 28.5 Å². The third-order valence-electron chi connectivity index (χ3n) is 2.15. The van der Waals surface area contributed by atoms with Gasteiger partial charge in [-0.1, -0.05) is 30.1 Å². The van der Waals surface area contributed by atoms with Gasteiger partial charge in [0.25, 0.3) is 0 Å².